The number of hydrogen-bond donors (Lipinski definition) is 1. The summed E-state index contributed by atoms with van der Waals surface area (Å²) < 4.78 is 0. The van der Waals surface area contributed by atoms with Crippen molar-refractivity contribution in [1.29, 1.82) is 0 Å². The topological polar surface area (TPSA) is 81.2 Å². The Morgan fingerprint density at radius 1 is 1.03 bits per heavy atom. The summed E-state index contributed by atoms with van der Waals surface area (Å²) >= 11 is 1.53. The molecule has 3 aliphatic rings. The Kier molecular flexibility index (Phi) is 5.73. The highest BCUT2D eigenvalue weighted by molar-refractivity contribution is 7.09. The molecule has 8 heteroatoms. The van der Waals surface area contributed by atoms with Crippen LogP contribution in [0.1, 0.15) is 51.3 Å². The summed E-state index contributed by atoms with van der Waals surface area (Å²) in [7, 11) is 0. The van der Waals surface area contributed by atoms with E-state index in [4.69, 9.17) is 0 Å². The number of carbonyl (C=O) groups is 3. The number of imide groups is 1. The average Bonchev–Trinajstić information content (AvgIpc) is 3.42. The van der Waals surface area contributed by atoms with E-state index in [9.17, 15) is 19.5 Å². The molecule has 3 amide bonds. The highest BCUT2D eigenvalue weighted by Gasteiger charge is 2.39. The van der Waals surface area contributed by atoms with Crippen LogP contribution in [-0.2, 0) is 11.3 Å². The Morgan fingerprint density at radius 2 is 1.84 bits per heavy atom. The van der Waals surface area contributed by atoms with Gasteiger partial charge in [-0.15, -0.1) is 11.3 Å². The van der Waals surface area contributed by atoms with Crippen molar-refractivity contribution >= 4 is 34.7 Å². The van der Waals surface area contributed by atoms with Crippen LogP contribution in [0.25, 0.3) is 0 Å². The molecule has 0 spiro atoms. The summed E-state index contributed by atoms with van der Waals surface area (Å²) in [5.41, 5.74) is 1.73. The number of piperidine rings is 2. The molecule has 4 heterocycles. The minimum Gasteiger partial charge on any atom is -0.391 e. The number of rotatable bonds is 4. The van der Waals surface area contributed by atoms with Gasteiger partial charge in [0.1, 0.15) is 0 Å². The number of thiophene rings is 1. The molecule has 1 aromatic heterocycles. The molecular formula is C24H27N3O4S. The number of aliphatic hydroxyl groups is 1. The predicted molar refractivity (Wildman–Crippen MR) is 122 cm³/mol. The summed E-state index contributed by atoms with van der Waals surface area (Å²) in [4.78, 5) is 45.3. The number of β-amino-alcohol motifs (C(OH)–C–C–N with tert-alkyl or cyclic N) is 1. The molecule has 0 radical (unpaired) electrons. The Morgan fingerprint density at radius 3 is 2.56 bits per heavy atom. The van der Waals surface area contributed by atoms with Crippen molar-refractivity contribution in [3.63, 3.8) is 0 Å². The van der Waals surface area contributed by atoms with E-state index < -0.39 is 6.10 Å². The molecule has 3 aliphatic heterocycles. The van der Waals surface area contributed by atoms with Crippen LogP contribution < -0.4 is 4.90 Å². The fourth-order valence-electron chi connectivity index (χ4n) is 5.06. The van der Waals surface area contributed by atoms with E-state index in [2.05, 4.69) is 4.90 Å². The lowest BCUT2D eigenvalue weighted by Gasteiger charge is -2.37. The van der Waals surface area contributed by atoms with E-state index in [1.165, 1.54) is 16.2 Å². The second-order valence-corrected chi connectivity index (χ2v) is 9.85. The minimum atomic E-state index is -0.416. The van der Waals surface area contributed by atoms with Crippen LogP contribution in [0.2, 0.25) is 0 Å². The van der Waals surface area contributed by atoms with Crippen molar-refractivity contribution in [2.45, 2.75) is 38.3 Å². The van der Waals surface area contributed by atoms with Crippen LogP contribution in [-0.4, -0.2) is 64.9 Å². The monoisotopic (exact) mass is 453 g/mol. The lowest BCUT2D eigenvalue weighted by Crippen LogP contribution is -2.47. The molecule has 5 rings (SSSR count). The van der Waals surface area contributed by atoms with Gasteiger partial charge in [-0.1, -0.05) is 12.1 Å². The maximum absolute atomic E-state index is 13.2. The zero-order valence-electron chi connectivity index (χ0n) is 17.9. The molecule has 0 saturated carbocycles. The third-order valence-electron chi connectivity index (χ3n) is 6.76. The number of aliphatic hydroxyl groups excluding tert-OH is 1. The van der Waals surface area contributed by atoms with Gasteiger partial charge in [0.2, 0.25) is 5.91 Å². The standard InChI is InChI=1S/C24H27N3O4S/c28-17-4-2-10-26(14-17)22(29)16-8-11-25(12-9-16)20-7-1-6-19-21(20)24(31)27(23(19)30)15-18-5-3-13-32-18/h1,3,5-7,13,16-17,28H,2,4,8-12,14-15H2. The van der Waals surface area contributed by atoms with Gasteiger partial charge in [-0.3, -0.25) is 19.3 Å². The SMILES string of the molecule is O=C(C1CCN(c2cccc3c2C(=O)N(Cc2cccs2)C3=O)CC1)N1CCCC(O)C1. The summed E-state index contributed by atoms with van der Waals surface area (Å²) in [5, 5.41) is 11.8. The van der Waals surface area contributed by atoms with E-state index in [1.54, 1.807) is 11.0 Å². The molecular weight excluding hydrogens is 426 g/mol. The van der Waals surface area contributed by atoms with E-state index in [0.717, 1.165) is 30.0 Å². The molecule has 1 unspecified atom stereocenters. The van der Waals surface area contributed by atoms with Crippen molar-refractivity contribution in [1.82, 2.24) is 9.80 Å². The number of hydrogen-bond acceptors (Lipinski definition) is 6. The van der Waals surface area contributed by atoms with Gasteiger partial charge >= 0.3 is 0 Å². The minimum absolute atomic E-state index is 0.0547. The normalized spacial score (nSPS) is 21.9. The molecule has 1 atom stereocenters. The van der Waals surface area contributed by atoms with Crippen LogP contribution >= 0.6 is 11.3 Å². The molecule has 168 valence electrons. The van der Waals surface area contributed by atoms with Crippen molar-refractivity contribution in [3.05, 3.63) is 51.7 Å². The lowest BCUT2D eigenvalue weighted by molar-refractivity contribution is -0.139. The summed E-state index contributed by atoms with van der Waals surface area (Å²) in [5.74, 6) is -0.403. The second kappa shape index (κ2) is 8.67. The van der Waals surface area contributed by atoms with E-state index in [0.29, 0.717) is 50.1 Å². The van der Waals surface area contributed by atoms with Gasteiger partial charge in [0.15, 0.2) is 0 Å². The summed E-state index contributed by atoms with van der Waals surface area (Å²) in [6.45, 7) is 2.77. The number of likely N-dealkylation sites (tertiary alicyclic amines) is 1. The van der Waals surface area contributed by atoms with Crippen molar-refractivity contribution in [2.24, 2.45) is 5.92 Å². The van der Waals surface area contributed by atoms with Crippen LogP contribution in [0, 0.1) is 5.92 Å². The molecule has 7 nitrogen and oxygen atoms in total. The van der Waals surface area contributed by atoms with Crippen molar-refractivity contribution in [2.75, 3.05) is 31.1 Å². The second-order valence-electron chi connectivity index (χ2n) is 8.82. The first kappa shape index (κ1) is 21.2. The molecule has 0 bridgehead atoms. The van der Waals surface area contributed by atoms with E-state index >= 15 is 0 Å². The van der Waals surface area contributed by atoms with Crippen LogP contribution in [0.4, 0.5) is 5.69 Å². The average molecular weight is 454 g/mol. The Balaban J connectivity index is 1.29. The number of anilines is 1. The van der Waals surface area contributed by atoms with Crippen LogP contribution in [0.15, 0.2) is 35.7 Å². The number of amides is 3. The molecule has 0 aliphatic carbocycles. The zero-order valence-corrected chi connectivity index (χ0v) is 18.7. The van der Waals surface area contributed by atoms with Gasteiger partial charge in [0, 0.05) is 37.0 Å². The number of benzene rings is 1. The highest BCUT2D eigenvalue weighted by atomic mass is 32.1. The quantitative estimate of drug-likeness (QED) is 0.720. The van der Waals surface area contributed by atoms with Gasteiger partial charge in [-0.05, 0) is 49.3 Å². The number of carbonyl (C=O) groups excluding carboxylic acids is 3. The summed E-state index contributed by atoms with van der Waals surface area (Å²) in [6.07, 6.45) is 2.60. The fraction of sp³-hybridized carbons (Fsp3) is 0.458. The first-order valence-electron chi connectivity index (χ1n) is 11.3. The summed E-state index contributed by atoms with van der Waals surface area (Å²) in [6, 6.07) is 9.31. The number of fused-ring (bicyclic) bond motifs is 1. The largest absolute Gasteiger partial charge is 0.391 e. The lowest BCUT2D eigenvalue weighted by atomic mass is 9.93. The van der Waals surface area contributed by atoms with E-state index in [-0.39, 0.29) is 23.6 Å². The van der Waals surface area contributed by atoms with Gasteiger partial charge < -0.3 is 14.9 Å². The fourth-order valence-corrected chi connectivity index (χ4v) is 5.75. The van der Waals surface area contributed by atoms with Crippen LogP contribution in [0.3, 0.4) is 0 Å². The maximum atomic E-state index is 13.2. The van der Waals surface area contributed by atoms with E-state index in [1.807, 2.05) is 29.6 Å². The van der Waals surface area contributed by atoms with Gasteiger partial charge in [0.25, 0.3) is 11.8 Å². The highest BCUT2D eigenvalue weighted by Crippen LogP contribution is 2.35. The van der Waals surface area contributed by atoms with Crippen molar-refractivity contribution < 1.29 is 19.5 Å². The molecule has 2 saturated heterocycles. The van der Waals surface area contributed by atoms with Crippen LogP contribution in [0.5, 0.6) is 0 Å². The van der Waals surface area contributed by atoms with Crippen molar-refractivity contribution in [3.8, 4) is 0 Å². The molecule has 2 fully saturated rings. The Labute approximate surface area is 191 Å². The van der Waals surface area contributed by atoms with Gasteiger partial charge in [-0.25, -0.2) is 0 Å². The zero-order chi connectivity index (χ0) is 22.2. The molecule has 2 aromatic rings. The third-order valence-corrected chi connectivity index (χ3v) is 7.63. The van der Waals surface area contributed by atoms with Gasteiger partial charge in [-0.2, -0.15) is 0 Å². The maximum Gasteiger partial charge on any atom is 0.264 e. The molecule has 32 heavy (non-hydrogen) atoms. The third kappa shape index (κ3) is 3.82. The predicted octanol–water partition coefficient (Wildman–Crippen LogP) is 2.74. The molecule has 1 aromatic carbocycles. The smallest absolute Gasteiger partial charge is 0.264 e. The first-order valence-corrected chi connectivity index (χ1v) is 12.1. The molecule has 1 N–H and O–H groups in total. The first-order chi connectivity index (χ1) is 15.5. The Hall–Kier alpha value is -2.71. The Bertz CT molecular complexity index is 1030. The van der Waals surface area contributed by atoms with Gasteiger partial charge in [0.05, 0.1) is 29.5 Å². The number of nitrogens with zero attached hydrogens (tertiary/aromatic N) is 3.